The molecule has 0 atom stereocenters. The fourth-order valence-electron chi connectivity index (χ4n) is 1.59. The van der Waals surface area contributed by atoms with Crippen molar-refractivity contribution in [3.8, 4) is 0 Å². The highest BCUT2D eigenvalue weighted by molar-refractivity contribution is 8.00. The number of nitrogens with two attached hydrogens (primary N) is 1. The minimum atomic E-state index is 0.614. The largest absolute Gasteiger partial charge is 0.327 e. The molecule has 0 radical (unpaired) electrons. The van der Waals surface area contributed by atoms with Gasteiger partial charge in [0.05, 0.1) is 0 Å². The van der Waals surface area contributed by atoms with Crippen LogP contribution >= 0.6 is 11.8 Å². The Morgan fingerprint density at radius 1 is 1.33 bits per heavy atom. The Morgan fingerprint density at radius 3 is 2.80 bits per heavy atom. The average Bonchev–Trinajstić information content (AvgIpc) is 2.22. The molecule has 0 amide bonds. The van der Waals surface area contributed by atoms with Gasteiger partial charge < -0.3 is 5.73 Å². The molecule has 0 aliphatic heterocycles. The van der Waals surface area contributed by atoms with Gasteiger partial charge in [-0.3, -0.25) is 0 Å². The van der Waals surface area contributed by atoms with E-state index in [9.17, 15) is 0 Å². The first-order chi connectivity index (χ1) is 7.40. The molecule has 0 aromatic heterocycles. The first-order valence-corrected chi connectivity index (χ1v) is 6.40. The first-order valence-electron chi connectivity index (χ1n) is 5.52. The first kappa shape index (κ1) is 10.8. The summed E-state index contributed by atoms with van der Waals surface area (Å²) in [7, 11) is 0. The van der Waals surface area contributed by atoms with Gasteiger partial charge in [0.2, 0.25) is 0 Å². The van der Waals surface area contributed by atoms with Crippen LogP contribution in [0.2, 0.25) is 0 Å². The van der Waals surface area contributed by atoms with Crippen molar-refractivity contribution in [2.24, 2.45) is 5.73 Å². The van der Waals surface area contributed by atoms with E-state index in [1.807, 2.05) is 17.8 Å². The zero-order chi connectivity index (χ0) is 10.5. The normalized spacial score (nSPS) is 16.9. The lowest BCUT2D eigenvalue weighted by molar-refractivity contribution is 0.522. The summed E-state index contributed by atoms with van der Waals surface area (Å²) in [4.78, 5) is 1.40. The lowest BCUT2D eigenvalue weighted by atomic mass is 10.00. The summed E-state index contributed by atoms with van der Waals surface area (Å²) >= 11 is 2.02. The van der Waals surface area contributed by atoms with E-state index in [1.54, 1.807) is 0 Å². The van der Waals surface area contributed by atoms with E-state index in [2.05, 4.69) is 30.3 Å². The van der Waals surface area contributed by atoms with E-state index in [1.165, 1.54) is 29.7 Å². The summed E-state index contributed by atoms with van der Waals surface area (Å²) in [5.74, 6) is 0. The van der Waals surface area contributed by atoms with Gasteiger partial charge in [0.25, 0.3) is 0 Å². The van der Waals surface area contributed by atoms with Crippen LogP contribution in [-0.2, 0) is 0 Å². The van der Waals surface area contributed by atoms with E-state index in [4.69, 9.17) is 5.73 Å². The average molecular weight is 219 g/mol. The van der Waals surface area contributed by atoms with Crippen LogP contribution in [-0.4, -0.2) is 11.8 Å². The smallest absolute Gasteiger partial charge is 0.0147 e. The highest BCUT2D eigenvalue weighted by atomic mass is 32.2. The van der Waals surface area contributed by atoms with E-state index in [-0.39, 0.29) is 0 Å². The fourth-order valence-corrected chi connectivity index (χ4v) is 2.95. The topological polar surface area (TPSA) is 26.0 Å². The summed E-state index contributed by atoms with van der Waals surface area (Å²) in [5.41, 5.74) is 6.78. The van der Waals surface area contributed by atoms with Crippen LogP contribution < -0.4 is 5.73 Å². The molecule has 1 aromatic carbocycles. The highest BCUT2D eigenvalue weighted by Crippen LogP contribution is 2.37. The maximum absolute atomic E-state index is 5.47. The van der Waals surface area contributed by atoms with E-state index >= 15 is 0 Å². The minimum absolute atomic E-state index is 0.614. The molecule has 0 unspecified atom stereocenters. The van der Waals surface area contributed by atoms with Crippen molar-refractivity contribution in [1.29, 1.82) is 0 Å². The lowest BCUT2D eigenvalue weighted by Crippen LogP contribution is -2.12. The summed E-state index contributed by atoms with van der Waals surface area (Å²) in [6, 6.07) is 8.56. The van der Waals surface area contributed by atoms with Gasteiger partial charge in [-0.05, 0) is 24.5 Å². The molecule has 1 fully saturated rings. The molecule has 1 nitrogen and oxygen atoms in total. The second kappa shape index (κ2) is 5.38. The molecular weight excluding hydrogens is 202 g/mol. The summed E-state index contributed by atoms with van der Waals surface area (Å²) in [5, 5.41) is 0.845. The summed E-state index contributed by atoms with van der Waals surface area (Å²) < 4.78 is 0. The van der Waals surface area contributed by atoms with E-state index in [0.717, 1.165) is 5.25 Å². The molecule has 2 heteroatoms. The maximum atomic E-state index is 5.47. The fraction of sp³-hybridized carbons (Fsp3) is 0.385. The SMILES string of the molecule is NC/C=C/c1ccccc1SC1CCC1. The van der Waals surface area contributed by atoms with Crippen LogP contribution in [0.5, 0.6) is 0 Å². The predicted octanol–water partition coefficient (Wildman–Crippen LogP) is 3.30. The quantitative estimate of drug-likeness (QED) is 0.841. The predicted molar refractivity (Wildman–Crippen MR) is 68.0 cm³/mol. The van der Waals surface area contributed by atoms with E-state index < -0.39 is 0 Å². The summed E-state index contributed by atoms with van der Waals surface area (Å²) in [6.07, 6.45) is 8.29. The third kappa shape index (κ3) is 2.86. The Bertz CT molecular complexity index is 342. The molecule has 2 rings (SSSR count). The standard InChI is InChI=1S/C13H17NS/c14-10-4-6-11-5-1-2-9-13(11)15-12-7-3-8-12/h1-2,4-6,9,12H,3,7-8,10,14H2/b6-4+. The van der Waals surface area contributed by atoms with Crippen LogP contribution in [0.25, 0.3) is 6.08 Å². The Balaban J connectivity index is 2.09. The van der Waals surface area contributed by atoms with Crippen molar-refractivity contribution in [2.45, 2.75) is 29.4 Å². The zero-order valence-electron chi connectivity index (χ0n) is 8.86. The number of hydrogen-bond donors (Lipinski definition) is 1. The molecule has 80 valence electrons. The van der Waals surface area contributed by atoms with Crippen LogP contribution in [0.4, 0.5) is 0 Å². The van der Waals surface area contributed by atoms with Gasteiger partial charge in [0.15, 0.2) is 0 Å². The van der Waals surface area contributed by atoms with Crippen molar-refractivity contribution in [3.05, 3.63) is 35.9 Å². The number of hydrogen-bond acceptors (Lipinski definition) is 2. The van der Waals surface area contributed by atoms with Gasteiger partial charge in [-0.25, -0.2) is 0 Å². The number of rotatable bonds is 4. The second-order valence-corrected chi connectivity index (χ2v) is 5.19. The van der Waals surface area contributed by atoms with Gasteiger partial charge in [0, 0.05) is 16.7 Å². The van der Waals surface area contributed by atoms with Gasteiger partial charge in [-0.2, -0.15) is 0 Å². The van der Waals surface area contributed by atoms with Gasteiger partial charge in [0.1, 0.15) is 0 Å². The second-order valence-electron chi connectivity index (χ2n) is 3.85. The molecule has 1 aromatic rings. The van der Waals surface area contributed by atoms with Crippen LogP contribution in [0.3, 0.4) is 0 Å². The van der Waals surface area contributed by atoms with Gasteiger partial charge in [-0.1, -0.05) is 36.8 Å². The molecule has 0 heterocycles. The minimum Gasteiger partial charge on any atom is -0.327 e. The number of benzene rings is 1. The number of thioether (sulfide) groups is 1. The zero-order valence-corrected chi connectivity index (χ0v) is 9.67. The van der Waals surface area contributed by atoms with Crippen molar-refractivity contribution >= 4 is 17.8 Å². The third-order valence-corrected chi connectivity index (χ3v) is 4.13. The van der Waals surface area contributed by atoms with Crippen molar-refractivity contribution < 1.29 is 0 Å². The Hall–Kier alpha value is -0.730. The maximum Gasteiger partial charge on any atom is 0.0147 e. The Kier molecular flexibility index (Phi) is 3.87. The Morgan fingerprint density at radius 2 is 2.13 bits per heavy atom. The van der Waals surface area contributed by atoms with Gasteiger partial charge in [-0.15, -0.1) is 11.8 Å². The lowest BCUT2D eigenvalue weighted by Gasteiger charge is -2.25. The van der Waals surface area contributed by atoms with E-state index in [0.29, 0.717) is 6.54 Å². The van der Waals surface area contributed by atoms with Crippen molar-refractivity contribution in [1.82, 2.24) is 0 Å². The van der Waals surface area contributed by atoms with Crippen molar-refractivity contribution in [3.63, 3.8) is 0 Å². The molecule has 15 heavy (non-hydrogen) atoms. The van der Waals surface area contributed by atoms with Crippen molar-refractivity contribution in [2.75, 3.05) is 6.54 Å². The summed E-state index contributed by atoms with van der Waals surface area (Å²) in [6.45, 7) is 0.614. The highest BCUT2D eigenvalue weighted by Gasteiger charge is 2.19. The monoisotopic (exact) mass is 219 g/mol. The molecule has 0 saturated heterocycles. The third-order valence-electron chi connectivity index (χ3n) is 2.70. The molecule has 0 spiro atoms. The molecule has 0 bridgehead atoms. The molecule has 2 N–H and O–H groups in total. The molecule has 1 saturated carbocycles. The van der Waals surface area contributed by atoms with Crippen LogP contribution in [0.15, 0.2) is 35.2 Å². The van der Waals surface area contributed by atoms with Crippen LogP contribution in [0.1, 0.15) is 24.8 Å². The van der Waals surface area contributed by atoms with Gasteiger partial charge >= 0.3 is 0 Å². The molecule has 1 aliphatic carbocycles. The molecule has 1 aliphatic rings. The Labute approximate surface area is 95.8 Å². The molecular formula is C13H17NS. The van der Waals surface area contributed by atoms with Crippen LogP contribution in [0, 0.1) is 0 Å².